The minimum Gasteiger partial charge on any atom is -0.454 e. The summed E-state index contributed by atoms with van der Waals surface area (Å²) >= 11 is 0. The molecule has 3 rings (SSSR count). The number of fused-ring (bicyclic) bond motifs is 1. The minimum atomic E-state index is -0.751. The number of nitrogens with one attached hydrogen (secondary N) is 1. The summed E-state index contributed by atoms with van der Waals surface area (Å²) in [4.78, 5) is 41.0. The molecule has 28 heavy (non-hydrogen) atoms. The topological polar surface area (TPSA) is 120 Å². The fourth-order valence-electron chi connectivity index (χ4n) is 3.16. The molecular formula is C19H24N4O5. The highest BCUT2D eigenvalue weighted by Crippen LogP contribution is 2.32. The van der Waals surface area contributed by atoms with Crippen molar-refractivity contribution in [2.75, 3.05) is 25.6 Å². The molecule has 1 aromatic heterocycles. The lowest BCUT2D eigenvalue weighted by atomic mass is 10.1. The molecule has 2 heterocycles. The zero-order chi connectivity index (χ0) is 20.3. The highest BCUT2D eigenvalue weighted by Gasteiger charge is 2.21. The molecule has 150 valence electrons. The Hall–Kier alpha value is -3.07. The first-order chi connectivity index (χ1) is 13.4. The number of carbonyl (C=O) groups excluding carboxylic acids is 1. The van der Waals surface area contributed by atoms with Crippen LogP contribution in [-0.4, -0.2) is 40.1 Å². The predicted molar refractivity (Wildman–Crippen MR) is 104 cm³/mol. The highest BCUT2D eigenvalue weighted by molar-refractivity contribution is 6.01. The fraction of sp³-hybridized carbons (Fsp3) is 0.421. The maximum absolute atomic E-state index is 12.8. The van der Waals surface area contributed by atoms with E-state index in [1.165, 1.54) is 4.57 Å². The van der Waals surface area contributed by atoms with Gasteiger partial charge in [-0.3, -0.25) is 24.0 Å². The van der Waals surface area contributed by atoms with Crippen LogP contribution < -0.4 is 26.5 Å². The standard InChI is InChI=1S/C19H24N4O5/c1-3-7-23-17(20)16(18(25)21-19(23)26)13(24)10-22(4-2)9-12-5-6-14-15(8-12)28-11-27-14/h5-6,8H,3-4,7,9-11,20H2,1-2H3,(H,21,25,26). The number of nitrogens with two attached hydrogens (primary N) is 1. The lowest BCUT2D eigenvalue weighted by Gasteiger charge is -2.20. The summed E-state index contributed by atoms with van der Waals surface area (Å²) in [6, 6.07) is 5.61. The second-order valence-electron chi connectivity index (χ2n) is 6.59. The van der Waals surface area contributed by atoms with Crippen LogP contribution in [0.2, 0.25) is 0 Å². The predicted octanol–water partition coefficient (Wildman–Crippen LogP) is 0.962. The van der Waals surface area contributed by atoms with Crippen LogP contribution in [0.3, 0.4) is 0 Å². The Kier molecular flexibility index (Phi) is 5.84. The first-order valence-corrected chi connectivity index (χ1v) is 9.21. The van der Waals surface area contributed by atoms with Crippen molar-refractivity contribution in [1.82, 2.24) is 14.5 Å². The first kappa shape index (κ1) is 19.7. The molecule has 0 atom stereocenters. The van der Waals surface area contributed by atoms with Crippen molar-refractivity contribution >= 4 is 11.6 Å². The van der Waals surface area contributed by atoms with E-state index in [2.05, 4.69) is 4.98 Å². The summed E-state index contributed by atoms with van der Waals surface area (Å²) in [6.07, 6.45) is 0.648. The molecule has 9 nitrogen and oxygen atoms in total. The van der Waals surface area contributed by atoms with Crippen molar-refractivity contribution in [3.05, 3.63) is 50.2 Å². The number of nitrogen functional groups attached to an aromatic ring is 1. The van der Waals surface area contributed by atoms with E-state index in [9.17, 15) is 14.4 Å². The number of Topliss-reactive ketones (excluding diaryl/α,β-unsaturated/α-hetero) is 1. The summed E-state index contributed by atoms with van der Waals surface area (Å²) in [5.74, 6) is 0.860. The molecule has 0 aliphatic carbocycles. The van der Waals surface area contributed by atoms with Gasteiger partial charge in [0.2, 0.25) is 6.79 Å². The molecular weight excluding hydrogens is 364 g/mol. The van der Waals surface area contributed by atoms with E-state index in [-0.39, 0.29) is 24.7 Å². The van der Waals surface area contributed by atoms with Gasteiger partial charge < -0.3 is 15.2 Å². The van der Waals surface area contributed by atoms with Crippen LogP contribution in [0.4, 0.5) is 5.82 Å². The summed E-state index contributed by atoms with van der Waals surface area (Å²) in [5.41, 5.74) is 5.41. The van der Waals surface area contributed by atoms with Crippen LogP contribution in [0.15, 0.2) is 27.8 Å². The molecule has 2 aromatic rings. The maximum atomic E-state index is 12.8. The van der Waals surface area contributed by atoms with Gasteiger partial charge in [0.1, 0.15) is 11.4 Å². The van der Waals surface area contributed by atoms with Crippen LogP contribution in [0.25, 0.3) is 0 Å². The molecule has 0 amide bonds. The Morgan fingerprint density at radius 1 is 1.25 bits per heavy atom. The van der Waals surface area contributed by atoms with Crippen LogP contribution in [0.5, 0.6) is 11.5 Å². The Morgan fingerprint density at radius 2 is 2.00 bits per heavy atom. The second kappa shape index (κ2) is 8.30. The number of hydrogen-bond donors (Lipinski definition) is 2. The smallest absolute Gasteiger partial charge is 0.329 e. The van der Waals surface area contributed by atoms with E-state index < -0.39 is 17.0 Å². The Balaban J connectivity index is 1.80. The first-order valence-electron chi connectivity index (χ1n) is 9.21. The van der Waals surface area contributed by atoms with E-state index in [1.807, 2.05) is 36.9 Å². The minimum absolute atomic E-state index is 0.00253. The normalized spacial score (nSPS) is 12.5. The summed E-state index contributed by atoms with van der Waals surface area (Å²) in [7, 11) is 0. The zero-order valence-electron chi connectivity index (χ0n) is 16.0. The summed E-state index contributed by atoms with van der Waals surface area (Å²) in [5, 5.41) is 0. The van der Waals surface area contributed by atoms with Gasteiger partial charge in [0.05, 0.1) is 6.54 Å². The zero-order valence-corrected chi connectivity index (χ0v) is 16.0. The van der Waals surface area contributed by atoms with Crippen LogP contribution in [0.1, 0.15) is 36.2 Å². The number of H-pyrrole nitrogens is 1. The number of rotatable bonds is 8. The van der Waals surface area contributed by atoms with Crippen LogP contribution in [-0.2, 0) is 13.1 Å². The number of likely N-dealkylation sites (N-methyl/N-ethyl adjacent to an activating group) is 1. The number of aromatic amines is 1. The van der Waals surface area contributed by atoms with E-state index in [0.717, 1.165) is 5.56 Å². The Morgan fingerprint density at radius 3 is 2.71 bits per heavy atom. The van der Waals surface area contributed by atoms with Gasteiger partial charge in [0.15, 0.2) is 17.3 Å². The average molecular weight is 388 g/mol. The monoisotopic (exact) mass is 388 g/mol. The van der Waals surface area contributed by atoms with Crippen molar-refractivity contribution < 1.29 is 14.3 Å². The second-order valence-corrected chi connectivity index (χ2v) is 6.59. The number of nitrogens with zero attached hydrogens (tertiary/aromatic N) is 2. The molecule has 0 radical (unpaired) electrons. The van der Waals surface area contributed by atoms with Gasteiger partial charge in [0.25, 0.3) is 5.56 Å². The third kappa shape index (κ3) is 3.94. The molecule has 1 aromatic carbocycles. The van der Waals surface area contributed by atoms with E-state index in [0.29, 0.717) is 37.6 Å². The SMILES string of the molecule is CCCn1c(N)c(C(=O)CN(CC)Cc2ccc3c(c2)OCO3)c(=O)[nH]c1=O. The van der Waals surface area contributed by atoms with Gasteiger partial charge in [0, 0.05) is 13.1 Å². The van der Waals surface area contributed by atoms with Crippen molar-refractivity contribution in [2.45, 2.75) is 33.4 Å². The van der Waals surface area contributed by atoms with E-state index in [4.69, 9.17) is 15.2 Å². The van der Waals surface area contributed by atoms with Crippen LogP contribution >= 0.6 is 0 Å². The molecule has 0 spiro atoms. The van der Waals surface area contributed by atoms with Crippen molar-refractivity contribution in [3.63, 3.8) is 0 Å². The average Bonchev–Trinajstić information content (AvgIpc) is 3.12. The quantitative estimate of drug-likeness (QED) is 0.646. The van der Waals surface area contributed by atoms with E-state index in [1.54, 1.807) is 0 Å². The van der Waals surface area contributed by atoms with Crippen molar-refractivity contribution in [1.29, 1.82) is 0 Å². The van der Waals surface area contributed by atoms with Gasteiger partial charge >= 0.3 is 5.69 Å². The molecule has 0 saturated carbocycles. The molecule has 0 bridgehead atoms. The molecule has 1 aliphatic heterocycles. The number of ketones is 1. The molecule has 1 aliphatic rings. The van der Waals surface area contributed by atoms with Gasteiger partial charge in [-0.1, -0.05) is 19.9 Å². The van der Waals surface area contributed by atoms with Gasteiger partial charge in [-0.15, -0.1) is 0 Å². The highest BCUT2D eigenvalue weighted by atomic mass is 16.7. The van der Waals surface area contributed by atoms with Gasteiger partial charge in [-0.05, 0) is 30.7 Å². The third-order valence-electron chi connectivity index (χ3n) is 4.62. The number of ether oxygens (including phenoxy) is 2. The summed E-state index contributed by atoms with van der Waals surface area (Å²) < 4.78 is 11.9. The van der Waals surface area contributed by atoms with Crippen molar-refractivity contribution in [2.24, 2.45) is 0 Å². The van der Waals surface area contributed by atoms with E-state index >= 15 is 0 Å². The lowest BCUT2D eigenvalue weighted by Crippen LogP contribution is -2.39. The number of aromatic nitrogens is 2. The maximum Gasteiger partial charge on any atom is 0.329 e. The lowest BCUT2D eigenvalue weighted by molar-refractivity contribution is 0.0928. The summed E-state index contributed by atoms with van der Waals surface area (Å²) in [6.45, 7) is 5.41. The fourth-order valence-corrected chi connectivity index (χ4v) is 3.16. The number of benzene rings is 1. The van der Waals surface area contributed by atoms with Crippen LogP contribution in [0, 0.1) is 0 Å². The third-order valence-corrected chi connectivity index (χ3v) is 4.62. The Labute approximate surface area is 161 Å². The number of carbonyl (C=O) groups is 1. The van der Waals surface area contributed by atoms with Gasteiger partial charge in [-0.2, -0.15) is 0 Å². The number of anilines is 1. The Bertz CT molecular complexity index is 995. The molecule has 0 saturated heterocycles. The molecule has 0 unspecified atom stereocenters. The molecule has 0 fully saturated rings. The largest absolute Gasteiger partial charge is 0.454 e. The number of hydrogen-bond acceptors (Lipinski definition) is 7. The van der Waals surface area contributed by atoms with Gasteiger partial charge in [-0.25, -0.2) is 4.79 Å². The van der Waals surface area contributed by atoms with Crippen molar-refractivity contribution in [3.8, 4) is 11.5 Å². The molecule has 9 heteroatoms. The molecule has 3 N–H and O–H groups in total.